The Morgan fingerprint density at radius 1 is 0.800 bits per heavy atom. The minimum atomic E-state index is 0.750. The van der Waals surface area contributed by atoms with Crippen molar-refractivity contribution >= 4 is 11.6 Å². The Kier molecular flexibility index (Phi) is 3.53. The van der Waals surface area contributed by atoms with Crippen LogP contribution in [0.15, 0.2) is 66.9 Å². The first-order valence-corrected chi connectivity index (χ1v) is 6.90. The van der Waals surface area contributed by atoms with Crippen LogP contribution in [0.2, 0.25) is 5.02 Å². The van der Waals surface area contributed by atoms with E-state index in [2.05, 4.69) is 30.1 Å². The number of aryl methyl sites for hydroxylation is 1. The molecule has 0 fully saturated rings. The molecule has 2 aromatic carbocycles. The van der Waals surface area contributed by atoms with Gasteiger partial charge in [0.05, 0.1) is 5.69 Å². The second kappa shape index (κ2) is 5.48. The lowest BCUT2D eigenvalue weighted by atomic mass is 9.96. The fraction of sp³-hybridized carbons (Fsp3) is 0.0556. The van der Waals surface area contributed by atoms with E-state index >= 15 is 0 Å². The molecule has 0 unspecified atom stereocenters. The highest BCUT2D eigenvalue weighted by Crippen LogP contribution is 2.32. The van der Waals surface area contributed by atoms with E-state index in [1.807, 2.05) is 48.7 Å². The summed E-state index contributed by atoms with van der Waals surface area (Å²) >= 11 is 5.97. The number of benzene rings is 2. The second-order valence-electron chi connectivity index (χ2n) is 4.72. The molecule has 0 saturated carbocycles. The van der Waals surface area contributed by atoms with E-state index in [4.69, 9.17) is 11.6 Å². The molecule has 1 aromatic heterocycles. The molecule has 0 aliphatic carbocycles. The summed E-state index contributed by atoms with van der Waals surface area (Å²) in [5, 5.41) is 0.750. The van der Waals surface area contributed by atoms with Gasteiger partial charge >= 0.3 is 0 Å². The molecule has 1 heterocycles. The van der Waals surface area contributed by atoms with Crippen LogP contribution < -0.4 is 0 Å². The minimum absolute atomic E-state index is 0.750. The van der Waals surface area contributed by atoms with Crippen molar-refractivity contribution in [1.82, 2.24) is 4.98 Å². The summed E-state index contributed by atoms with van der Waals surface area (Å²) in [7, 11) is 0. The molecule has 0 amide bonds. The monoisotopic (exact) mass is 279 g/mol. The van der Waals surface area contributed by atoms with E-state index in [9.17, 15) is 0 Å². The maximum absolute atomic E-state index is 5.97. The van der Waals surface area contributed by atoms with Crippen LogP contribution in [-0.2, 0) is 0 Å². The first kappa shape index (κ1) is 12.9. The fourth-order valence-electron chi connectivity index (χ4n) is 2.34. The predicted octanol–water partition coefficient (Wildman–Crippen LogP) is 5.38. The van der Waals surface area contributed by atoms with E-state index < -0.39 is 0 Å². The van der Waals surface area contributed by atoms with E-state index in [1.165, 1.54) is 11.1 Å². The molecule has 0 aliphatic heterocycles. The molecule has 1 nitrogen and oxygen atoms in total. The van der Waals surface area contributed by atoms with Crippen molar-refractivity contribution in [2.45, 2.75) is 6.92 Å². The molecular formula is C18H14ClN. The number of halogens is 1. The van der Waals surface area contributed by atoms with E-state index in [1.54, 1.807) is 0 Å². The Morgan fingerprint density at radius 2 is 1.50 bits per heavy atom. The summed E-state index contributed by atoms with van der Waals surface area (Å²) in [5.74, 6) is 0. The smallest absolute Gasteiger partial charge is 0.0737 e. The highest BCUT2D eigenvalue weighted by molar-refractivity contribution is 6.30. The van der Waals surface area contributed by atoms with Gasteiger partial charge in [0, 0.05) is 16.8 Å². The molecule has 3 aromatic rings. The van der Waals surface area contributed by atoms with Gasteiger partial charge in [-0.2, -0.15) is 0 Å². The first-order valence-electron chi connectivity index (χ1n) is 6.52. The summed E-state index contributed by atoms with van der Waals surface area (Å²) < 4.78 is 0. The van der Waals surface area contributed by atoms with Crippen molar-refractivity contribution in [3.05, 3.63) is 77.4 Å². The standard InChI is InChI=1S/C18H14ClN/c1-13-5-4-12-20-18(13)17-7-3-2-6-16(17)14-8-10-15(19)11-9-14/h2-12H,1H3. The Labute approximate surface area is 123 Å². The molecule has 20 heavy (non-hydrogen) atoms. The normalized spacial score (nSPS) is 10.5. The van der Waals surface area contributed by atoms with Gasteiger partial charge in [0.2, 0.25) is 0 Å². The average Bonchev–Trinajstić information content (AvgIpc) is 2.49. The predicted molar refractivity (Wildman–Crippen MR) is 84.9 cm³/mol. The third-order valence-corrected chi connectivity index (χ3v) is 3.60. The van der Waals surface area contributed by atoms with Crippen LogP contribution in [0.1, 0.15) is 5.56 Å². The van der Waals surface area contributed by atoms with Crippen LogP contribution in [0.3, 0.4) is 0 Å². The largest absolute Gasteiger partial charge is 0.256 e. The Bertz CT molecular complexity index is 732. The average molecular weight is 280 g/mol. The fourth-order valence-corrected chi connectivity index (χ4v) is 2.46. The highest BCUT2D eigenvalue weighted by atomic mass is 35.5. The lowest BCUT2D eigenvalue weighted by molar-refractivity contribution is 1.27. The van der Waals surface area contributed by atoms with Gasteiger partial charge in [-0.05, 0) is 41.8 Å². The number of rotatable bonds is 2. The van der Waals surface area contributed by atoms with Gasteiger partial charge in [-0.3, -0.25) is 4.98 Å². The van der Waals surface area contributed by atoms with Crippen molar-refractivity contribution in [2.24, 2.45) is 0 Å². The Morgan fingerprint density at radius 3 is 2.20 bits per heavy atom. The van der Waals surface area contributed by atoms with Gasteiger partial charge in [-0.15, -0.1) is 0 Å². The van der Waals surface area contributed by atoms with E-state index in [0.29, 0.717) is 0 Å². The van der Waals surface area contributed by atoms with Gasteiger partial charge in [0.1, 0.15) is 0 Å². The minimum Gasteiger partial charge on any atom is -0.256 e. The quantitative estimate of drug-likeness (QED) is 0.614. The van der Waals surface area contributed by atoms with Gasteiger partial charge in [-0.25, -0.2) is 0 Å². The van der Waals surface area contributed by atoms with Crippen molar-refractivity contribution in [1.29, 1.82) is 0 Å². The molecule has 98 valence electrons. The molecule has 0 saturated heterocycles. The topological polar surface area (TPSA) is 12.9 Å². The number of pyridine rings is 1. The van der Waals surface area contributed by atoms with Gasteiger partial charge in [0.25, 0.3) is 0 Å². The summed E-state index contributed by atoms with van der Waals surface area (Å²) in [5.41, 5.74) is 5.67. The molecule has 3 rings (SSSR count). The zero-order valence-corrected chi connectivity index (χ0v) is 11.9. The van der Waals surface area contributed by atoms with Gasteiger partial charge < -0.3 is 0 Å². The van der Waals surface area contributed by atoms with Crippen LogP contribution in [0.5, 0.6) is 0 Å². The van der Waals surface area contributed by atoms with Crippen LogP contribution in [0, 0.1) is 6.92 Å². The van der Waals surface area contributed by atoms with Crippen molar-refractivity contribution in [3.8, 4) is 22.4 Å². The summed E-state index contributed by atoms with van der Waals surface area (Å²) in [6.45, 7) is 2.08. The van der Waals surface area contributed by atoms with E-state index in [0.717, 1.165) is 21.8 Å². The van der Waals surface area contributed by atoms with E-state index in [-0.39, 0.29) is 0 Å². The molecule has 0 aliphatic rings. The Balaban J connectivity index is 2.19. The molecule has 0 bridgehead atoms. The van der Waals surface area contributed by atoms with Gasteiger partial charge in [0.15, 0.2) is 0 Å². The zero-order chi connectivity index (χ0) is 13.9. The van der Waals surface area contributed by atoms with Crippen molar-refractivity contribution in [3.63, 3.8) is 0 Å². The zero-order valence-electron chi connectivity index (χ0n) is 11.2. The number of hydrogen-bond donors (Lipinski definition) is 0. The lowest BCUT2D eigenvalue weighted by Crippen LogP contribution is -1.90. The van der Waals surface area contributed by atoms with Crippen LogP contribution in [-0.4, -0.2) is 4.98 Å². The number of nitrogens with zero attached hydrogens (tertiary/aromatic N) is 1. The highest BCUT2D eigenvalue weighted by Gasteiger charge is 2.09. The molecule has 0 spiro atoms. The Hall–Kier alpha value is -2.12. The SMILES string of the molecule is Cc1cccnc1-c1ccccc1-c1ccc(Cl)cc1. The second-order valence-corrected chi connectivity index (χ2v) is 5.16. The molecule has 0 radical (unpaired) electrons. The molecule has 0 atom stereocenters. The van der Waals surface area contributed by atoms with Crippen LogP contribution in [0.25, 0.3) is 22.4 Å². The summed E-state index contributed by atoms with van der Waals surface area (Å²) in [6, 6.07) is 20.3. The summed E-state index contributed by atoms with van der Waals surface area (Å²) in [4.78, 5) is 4.53. The first-order chi connectivity index (χ1) is 9.75. The third kappa shape index (κ3) is 2.45. The third-order valence-electron chi connectivity index (χ3n) is 3.35. The number of aromatic nitrogens is 1. The van der Waals surface area contributed by atoms with Crippen molar-refractivity contribution < 1.29 is 0 Å². The number of hydrogen-bond acceptors (Lipinski definition) is 1. The van der Waals surface area contributed by atoms with Crippen molar-refractivity contribution in [2.75, 3.05) is 0 Å². The summed E-state index contributed by atoms with van der Waals surface area (Å²) in [6.07, 6.45) is 1.83. The molecule has 0 N–H and O–H groups in total. The van der Waals surface area contributed by atoms with Crippen LogP contribution in [0.4, 0.5) is 0 Å². The molecule has 2 heteroatoms. The maximum atomic E-state index is 5.97. The maximum Gasteiger partial charge on any atom is 0.0737 e. The molecular weight excluding hydrogens is 266 g/mol. The van der Waals surface area contributed by atoms with Gasteiger partial charge in [-0.1, -0.05) is 54.1 Å². The van der Waals surface area contributed by atoms with Crippen LogP contribution >= 0.6 is 11.6 Å². The lowest BCUT2D eigenvalue weighted by Gasteiger charge is -2.11.